The zero-order valence-corrected chi connectivity index (χ0v) is 19.6. The topological polar surface area (TPSA) is 124 Å². The summed E-state index contributed by atoms with van der Waals surface area (Å²) >= 11 is 6.26. The summed E-state index contributed by atoms with van der Waals surface area (Å²) in [5.41, 5.74) is 0.919. The summed E-state index contributed by atoms with van der Waals surface area (Å²) in [5.74, 6) is -1.37. The van der Waals surface area contributed by atoms with E-state index in [1.165, 1.54) is 49.6 Å². The van der Waals surface area contributed by atoms with E-state index in [4.69, 9.17) is 30.5 Å². The molecule has 0 saturated heterocycles. The van der Waals surface area contributed by atoms with Gasteiger partial charge in [-0.15, -0.1) is 0 Å². The Hall–Kier alpha value is -4.03. The molecule has 0 radical (unpaired) electrons. The zero-order valence-electron chi connectivity index (χ0n) is 18.8. The molecule has 34 heavy (non-hydrogen) atoms. The largest absolute Gasteiger partial charge is 0.493 e. The number of nitriles is 1. The van der Waals surface area contributed by atoms with Crippen LogP contribution in [0.15, 0.2) is 42.0 Å². The van der Waals surface area contributed by atoms with Gasteiger partial charge >= 0.3 is 11.9 Å². The summed E-state index contributed by atoms with van der Waals surface area (Å²) in [6.07, 6.45) is 1.33. The molecular weight excluding hydrogens is 464 g/mol. The first-order valence-electron chi connectivity index (χ1n) is 10.2. The van der Waals surface area contributed by atoms with Crippen LogP contribution in [0.3, 0.4) is 0 Å². The quantitative estimate of drug-likeness (QED) is 0.303. The van der Waals surface area contributed by atoms with Crippen molar-refractivity contribution in [3.05, 3.63) is 58.1 Å². The second-order valence-electron chi connectivity index (χ2n) is 6.55. The maximum Gasteiger partial charge on any atom is 0.344 e. The summed E-state index contributed by atoms with van der Waals surface area (Å²) in [5, 5.41) is 12.2. The number of carbonyl (C=O) groups excluding carboxylic acids is 3. The van der Waals surface area contributed by atoms with Crippen LogP contribution in [0, 0.1) is 11.3 Å². The SMILES string of the molecule is CCOC(=O)COc1c(Cl)cc(/C=C(\C#N)C(=O)Nc2ccc(C(=O)OCC)cc2)cc1OC. The van der Waals surface area contributed by atoms with Gasteiger partial charge < -0.3 is 24.3 Å². The second-order valence-corrected chi connectivity index (χ2v) is 6.96. The van der Waals surface area contributed by atoms with Crippen LogP contribution in [-0.4, -0.2) is 44.8 Å². The Bertz CT molecular complexity index is 1120. The minimum absolute atomic E-state index is 0.113. The van der Waals surface area contributed by atoms with E-state index >= 15 is 0 Å². The number of ether oxygens (including phenoxy) is 4. The first kappa shape index (κ1) is 26.2. The fourth-order valence-electron chi connectivity index (χ4n) is 2.71. The first-order chi connectivity index (χ1) is 16.3. The van der Waals surface area contributed by atoms with Crippen molar-refractivity contribution in [3.8, 4) is 17.6 Å². The number of methoxy groups -OCH3 is 1. The Morgan fingerprint density at radius 1 is 1.09 bits per heavy atom. The number of hydrogen-bond donors (Lipinski definition) is 1. The van der Waals surface area contributed by atoms with Gasteiger partial charge in [0, 0.05) is 5.69 Å². The highest BCUT2D eigenvalue weighted by Crippen LogP contribution is 2.37. The minimum atomic E-state index is -0.663. The second kappa shape index (κ2) is 12.9. The molecule has 0 aliphatic rings. The van der Waals surface area contributed by atoms with E-state index in [-0.39, 0.29) is 41.9 Å². The average Bonchev–Trinajstić information content (AvgIpc) is 2.82. The molecule has 0 saturated carbocycles. The Morgan fingerprint density at radius 2 is 1.76 bits per heavy atom. The standard InChI is InChI=1S/C24H23ClN2O7/c1-4-32-21(28)14-34-22-19(25)11-15(12-20(22)31-3)10-17(13-26)23(29)27-18-8-6-16(7-9-18)24(30)33-5-2/h6-12H,4-5,14H2,1-3H3,(H,27,29)/b17-10+. The van der Waals surface area contributed by atoms with Crippen LogP contribution in [0.5, 0.6) is 11.5 Å². The molecular formula is C24H23ClN2O7. The van der Waals surface area contributed by atoms with Crippen molar-refractivity contribution in [1.29, 1.82) is 5.26 Å². The van der Waals surface area contributed by atoms with Crippen LogP contribution in [-0.2, 0) is 19.1 Å². The number of hydrogen-bond acceptors (Lipinski definition) is 8. The van der Waals surface area contributed by atoms with Gasteiger partial charge in [-0.1, -0.05) is 11.6 Å². The molecule has 0 spiro atoms. The lowest BCUT2D eigenvalue weighted by atomic mass is 10.1. The number of amides is 1. The van der Waals surface area contributed by atoms with Gasteiger partial charge in [0.1, 0.15) is 11.6 Å². The molecule has 0 aromatic heterocycles. The number of anilines is 1. The predicted octanol–water partition coefficient (Wildman–Crippen LogP) is 4.01. The monoisotopic (exact) mass is 486 g/mol. The molecule has 9 nitrogen and oxygen atoms in total. The van der Waals surface area contributed by atoms with Crippen LogP contribution < -0.4 is 14.8 Å². The molecule has 0 atom stereocenters. The van der Waals surface area contributed by atoms with Crippen LogP contribution in [0.4, 0.5) is 5.69 Å². The normalized spacial score (nSPS) is 10.6. The molecule has 2 aromatic rings. The molecule has 1 amide bonds. The third-order valence-electron chi connectivity index (χ3n) is 4.22. The van der Waals surface area contributed by atoms with E-state index in [0.717, 1.165) is 0 Å². The maximum absolute atomic E-state index is 12.6. The van der Waals surface area contributed by atoms with Crippen molar-refractivity contribution in [1.82, 2.24) is 0 Å². The molecule has 2 rings (SSSR count). The van der Waals surface area contributed by atoms with Gasteiger partial charge in [-0.05, 0) is 61.9 Å². The van der Waals surface area contributed by atoms with Crippen molar-refractivity contribution < 1.29 is 33.3 Å². The fraction of sp³-hybridized carbons (Fsp3) is 0.250. The van der Waals surface area contributed by atoms with Crippen molar-refractivity contribution in [2.45, 2.75) is 13.8 Å². The van der Waals surface area contributed by atoms with Crippen LogP contribution in [0.25, 0.3) is 6.08 Å². The molecule has 0 aliphatic heterocycles. The summed E-state index contributed by atoms with van der Waals surface area (Å²) < 4.78 is 20.4. The molecule has 0 unspecified atom stereocenters. The van der Waals surface area contributed by atoms with Gasteiger partial charge in [-0.25, -0.2) is 9.59 Å². The molecule has 0 bridgehead atoms. The number of rotatable bonds is 10. The zero-order chi connectivity index (χ0) is 25.1. The summed E-state index contributed by atoms with van der Waals surface area (Å²) in [6.45, 7) is 3.48. The van der Waals surface area contributed by atoms with Gasteiger partial charge in [-0.2, -0.15) is 5.26 Å². The number of esters is 2. The Labute approximate surface area is 201 Å². The van der Waals surface area contributed by atoms with E-state index < -0.39 is 17.8 Å². The number of nitrogens with one attached hydrogen (secondary N) is 1. The van der Waals surface area contributed by atoms with Crippen molar-refractivity contribution in [3.63, 3.8) is 0 Å². The van der Waals surface area contributed by atoms with Gasteiger partial charge in [0.15, 0.2) is 18.1 Å². The smallest absolute Gasteiger partial charge is 0.344 e. The Balaban J connectivity index is 2.19. The molecule has 1 N–H and O–H groups in total. The fourth-order valence-corrected chi connectivity index (χ4v) is 2.99. The van der Waals surface area contributed by atoms with Gasteiger partial charge in [0.25, 0.3) is 5.91 Å². The van der Waals surface area contributed by atoms with Crippen LogP contribution >= 0.6 is 11.6 Å². The number of benzene rings is 2. The lowest BCUT2D eigenvalue weighted by Crippen LogP contribution is -2.15. The number of carbonyl (C=O) groups is 3. The van der Waals surface area contributed by atoms with Gasteiger partial charge in [-0.3, -0.25) is 4.79 Å². The predicted molar refractivity (Wildman–Crippen MR) is 125 cm³/mol. The van der Waals surface area contributed by atoms with E-state index in [2.05, 4.69) is 5.32 Å². The highest BCUT2D eigenvalue weighted by atomic mass is 35.5. The lowest BCUT2D eigenvalue weighted by Gasteiger charge is -2.13. The molecule has 2 aromatic carbocycles. The van der Waals surface area contributed by atoms with Crippen LogP contribution in [0.2, 0.25) is 5.02 Å². The third-order valence-corrected chi connectivity index (χ3v) is 4.50. The van der Waals surface area contributed by atoms with Crippen molar-refractivity contribution in [2.75, 3.05) is 32.2 Å². The average molecular weight is 487 g/mol. The van der Waals surface area contributed by atoms with Gasteiger partial charge in [0.2, 0.25) is 0 Å². The van der Waals surface area contributed by atoms with Crippen molar-refractivity contribution >= 4 is 41.2 Å². The summed E-state index contributed by atoms with van der Waals surface area (Å²) in [6, 6.07) is 10.9. The van der Waals surface area contributed by atoms with E-state index in [9.17, 15) is 19.6 Å². The number of nitrogens with zero attached hydrogens (tertiary/aromatic N) is 1. The van der Waals surface area contributed by atoms with Crippen LogP contribution in [0.1, 0.15) is 29.8 Å². The van der Waals surface area contributed by atoms with E-state index in [1.54, 1.807) is 13.8 Å². The summed E-state index contributed by atoms with van der Waals surface area (Å²) in [7, 11) is 1.38. The first-order valence-corrected chi connectivity index (χ1v) is 10.6. The molecule has 10 heteroatoms. The Morgan fingerprint density at radius 3 is 2.35 bits per heavy atom. The maximum atomic E-state index is 12.6. The molecule has 0 heterocycles. The van der Waals surface area contributed by atoms with E-state index in [1.807, 2.05) is 6.07 Å². The lowest BCUT2D eigenvalue weighted by molar-refractivity contribution is -0.145. The summed E-state index contributed by atoms with van der Waals surface area (Å²) in [4.78, 5) is 35.9. The van der Waals surface area contributed by atoms with Crippen molar-refractivity contribution in [2.24, 2.45) is 0 Å². The molecule has 178 valence electrons. The third kappa shape index (κ3) is 7.25. The van der Waals surface area contributed by atoms with Gasteiger partial charge in [0.05, 0.1) is 30.9 Å². The highest BCUT2D eigenvalue weighted by Gasteiger charge is 2.16. The Kier molecular flexibility index (Phi) is 9.92. The minimum Gasteiger partial charge on any atom is -0.493 e. The highest BCUT2D eigenvalue weighted by molar-refractivity contribution is 6.32. The molecule has 0 aliphatic carbocycles. The number of halogens is 1. The van der Waals surface area contributed by atoms with E-state index in [0.29, 0.717) is 16.8 Å². The molecule has 0 fully saturated rings.